The summed E-state index contributed by atoms with van der Waals surface area (Å²) in [6.07, 6.45) is 0. The van der Waals surface area contributed by atoms with Crippen molar-refractivity contribution in [3.05, 3.63) is 28.8 Å². The van der Waals surface area contributed by atoms with E-state index in [0.29, 0.717) is 0 Å². The van der Waals surface area contributed by atoms with Crippen LogP contribution in [0.5, 0.6) is 0 Å². The summed E-state index contributed by atoms with van der Waals surface area (Å²) in [6.45, 7) is 12.0. The second-order valence-electron chi connectivity index (χ2n) is 6.73. The fourth-order valence-corrected chi connectivity index (χ4v) is 2.61. The fourth-order valence-electron chi connectivity index (χ4n) is 2.61. The highest BCUT2D eigenvalue weighted by Gasteiger charge is 2.24. The lowest BCUT2D eigenvalue weighted by atomic mass is 10.0. The fraction of sp³-hybridized carbons (Fsp3) is 0.556. The maximum atomic E-state index is 12.5. The smallest absolute Gasteiger partial charge is 0.282 e. The molecule has 0 aliphatic heterocycles. The van der Waals surface area contributed by atoms with Gasteiger partial charge in [0.05, 0.1) is 7.05 Å². The highest BCUT2D eigenvalue weighted by Crippen LogP contribution is 2.21. The van der Waals surface area contributed by atoms with Crippen LogP contribution >= 0.6 is 0 Å². The van der Waals surface area contributed by atoms with Crippen molar-refractivity contribution >= 4 is 17.5 Å². The lowest BCUT2D eigenvalue weighted by Crippen LogP contribution is -3.15. The Balaban J connectivity index is 2.72. The molecule has 0 saturated heterocycles. The number of anilines is 1. The van der Waals surface area contributed by atoms with Crippen LogP contribution < -0.4 is 15.5 Å². The minimum absolute atomic E-state index is 0.0418. The molecule has 128 valence electrons. The van der Waals surface area contributed by atoms with Crippen molar-refractivity contribution in [2.75, 3.05) is 18.9 Å². The molecule has 23 heavy (non-hydrogen) atoms. The largest absolute Gasteiger partial charge is 0.349 e. The molecule has 0 fully saturated rings. The van der Waals surface area contributed by atoms with Crippen molar-refractivity contribution in [2.45, 2.75) is 53.6 Å². The summed E-state index contributed by atoms with van der Waals surface area (Å²) in [5.74, 6) is -0.116. The van der Waals surface area contributed by atoms with Gasteiger partial charge in [-0.15, -0.1) is 0 Å². The quantitative estimate of drug-likeness (QED) is 0.732. The van der Waals surface area contributed by atoms with E-state index >= 15 is 0 Å². The number of likely N-dealkylation sites (N-methyl/N-ethyl adjacent to an activating group) is 1. The standard InChI is InChI=1S/C18H29N3O2/c1-11(2)19-16(22)10-21(7)15(6)18(23)20-17-13(4)8-12(3)9-14(17)5/h8-9,11,15H,10H2,1-7H3,(H,19,22)(H,20,23)/p+1/t15-/m0/s1. The Hall–Kier alpha value is -1.88. The van der Waals surface area contributed by atoms with Gasteiger partial charge in [0, 0.05) is 11.7 Å². The van der Waals surface area contributed by atoms with E-state index in [-0.39, 0.29) is 30.4 Å². The molecule has 0 aliphatic rings. The number of hydrogen-bond donors (Lipinski definition) is 3. The second kappa shape index (κ2) is 8.11. The molecule has 0 saturated carbocycles. The van der Waals surface area contributed by atoms with Crippen LogP contribution in [-0.2, 0) is 9.59 Å². The van der Waals surface area contributed by atoms with E-state index in [9.17, 15) is 9.59 Å². The van der Waals surface area contributed by atoms with Crippen LogP contribution in [-0.4, -0.2) is 37.5 Å². The van der Waals surface area contributed by atoms with Gasteiger partial charge in [0.2, 0.25) is 0 Å². The van der Waals surface area contributed by atoms with Gasteiger partial charge >= 0.3 is 0 Å². The Labute approximate surface area is 139 Å². The van der Waals surface area contributed by atoms with Gasteiger partial charge in [-0.2, -0.15) is 0 Å². The average Bonchev–Trinajstić information content (AvgIpc) is 2.40. The van der Waals surface area contributed by atoms with Gasteiger partial charge in [-0.25, -0.2) is 0 Å². The van der Waals surface area contributed by atoms with Gasteiger partial charge in [0.15, 0.2) is 12.6 Å². The molecule has 0 spiro atoms. The van der Waals surface area contributed by atoms with Gasteiger partial charge in [-0.3, -0.25) is 9.59 Å². The third-order valence-corrected chi connectivity index (χ3v) is 3.95. The molecular weight excluding hydrogens is 290 g/mol. The Morgan fingerprint density at radius 2 is 1.61 bits per heavy atom. The van der Waals surface area contributed by atoms with Gasteiger partial charge in [0.25, 0.3) is 11.8 Å². The summed E-state index contributed by atoms with van der Waals surface area (Å²) in [6, 6.07) is 3.91. The summed E-state index contributed by atoms with van der Waals surface area (Å²) in [7, 11) is 1.86. The zero-order valence-corrected chi connectivity index (χ0v) is 15.3. The normalized spacial score (nSPS) is 13.6. The Morgan fingerprint density at radius 1 is 1.09 bits per heavy atom. The van der Waals surface area contributed by atoms with Crippen LogP contribution in [0.3, 0.4) is 0 Å². The van der Waals surface area contributed by atoms with Crippen molar-refractivity contribution in [2.24, 2.45) is 0 Å². The SMILES string of the molecule is Cc1cc(C)c(NC(=O)[C@H](C)[NH+](C)CC(=O)NC(C)C)c(C)c1. The van der Waals surface area contributed by atoms with Crippen molar-refractivity contribution < 1.29 is 14.5 Å². The lowest BCUT2D eigenvalue weighted by molar-refractivity contribution is -0.885. The zero-order chi connectivity index (χ0) is 17.7. The molecule has 5 nitrogen and oxygen atoms in total. The maximum absolute atomic E-state index is 12.5. The van der Waals surface area contributed by atoms with Gasteiger partial charge in [0.1, 0.15) is 0 Å². The molecular formula is C18H30N3O2+. The second-order valence-corrected chi connectivity index (χ2v) is 6.73. The van der Waals surface area contributed by atoms with E-state index in [1.54, 1.807) is 0 Å². The predicted molar refractivity (Wildman–Crippen MR) is 93.8 cm³/mol. The average molecular weight is 320 g/mol. The van der Waals surface area contributed by atoms with Crippen molar-refractivity contribution in [3.8, 4) is 0 Å². The molecule has 1 unspecified atom stereocenters. The summed E-state index contributed by atoms with van der Waals surface area (Å²) in [5.41, 5.74) is 4.16. The first-order valence-electron chi connectivity index (χ1n) is 8.12. The Kier molecular flexibility index (Phi) is 6.76. The summed E-state index contributed by atoms with van der Waals surface area (Å²) in [5, 5.41) is 5.86. The molecule has 1 aromatic carbocycles. The van der Waals surface area contributed by atoms with Crippen LogP contribution in [0, 0.1) is 20.8 Å². The monoisotopic (exact) mass is 320 g/mol. The molecule has 1 aromatic rings. The topological polar surface area (TPSA) is 62.6 Å². The van der Waals surface area contributed by atoms with Crippen LogP contribution in [0.15, 0.2) is 12.1 Å². The number of quaternary nitrogens is 1. The van der Waals surface area contributed by atoms with Crippen molar-refractivity contribution in [1.29, 1.82) is 0 Å². The summed E-state index contributed by atoms with van der Waals surface area (Å²) < 4.78 is 0. The third-order valence-electron chi connectivity index (χ3n) is 3.95. The molecule has 0 radical (unpaired) electrons. The first kappa shape index (κ1) is 19.2. The van der Waals surface area contributed by atoms with E-state index in [1.165, 1.54) is 5.56 Å². The Morgan fingerprint density at radius 3 is 2.09 bits per heavy atom. The Bertz CT molecular complexity index is 559. The van der Waals surface area contributed by atoms with Crippen LogP contribution in [0.1, 0.15) is 37.5 Å². The predicted octanol–water partition coefficient (Wildman–Crippen LogP) is 0.978. The zero-order valence-electron chi connectivity index (χ0n) is 15.3. The van der Waals surface area contributed by atoms with E-state index < -0.39 is 0 Å². The minimum atomic E-state index is -0.312. The highest BCUT2D eigenvalue weighted by molar-refractivity contribution is 5.95. The van der Waals surface area contributed by atoms with E-state index in [1.807, 2.05) is 48.6 Å². The molecule has 2 atom stereocenters. The molecule has 0 heterocycles. The van der Waals surface area contributed by atoms with E-state index in [4.69, 9.17) is 0 Å². The number of carbonyl (C=O) groups excluding carboxylic acids is 2. The third kappa shape index (κ3) is 5.67. The van der Waals surface area contributed by atoms with Crippen LogP contribution in [0.4, 0.5) is 5.69 Å². The number of hydrogen-bond acceptors (Lipinski definition) is 2. The first-order chi connectivity index (χ1) is 10.6. The number of benzene rings is 1. The number of nitrogens with one attached hydrogen (secondary N) is 3. The van der Waals surface area contributed by atoms with E-state index in [0.717, 1.165) is 21.7 Å². The first-order valence-corrected chi connectivity index (χ1v) is 8.12. The summed E-state index contributed by atoms with van der Waals surface area (Å²) >= 11 is 0. The van der Waals surface area contributed by atoms with Crippen molar-refractivity contribution in [3.63, 3.8) is 0 Å². The molecule has 3 N–H and O–H groups in total. The number of amides is 2. The lowest BCUT2D eigenvalue weighted by Gasteiger charge is -2.22. The highest BCUT2D eigenvalue weighted by atomic mass is 16.2. The van der Waals surface area contributed by atoms with Crippen molar-refractivity contribution in [1.82, 2.24) is 5.32 Å². The number of carbonyl (C=O) groups is 2. The van der Waals surface area contributed by atoms with Crippen LogP contribution in [0.25, 0.3) is 0 Å². The molecule has 5 heteroatoms. The molecule has 0 aliphatic carbocycles. The molecule has 0 aromatic heterocycles. The van der Waals surface area contributed by atoms with Gasteiger partial charge in [-0.05, 0) is 52.7 Å². The van der Waals surface area contributed by atoms with Gasteiger partial charge in [-0.1, -0.05) is 17.7 Å². The van der Waals surface area contributed by atoms with Crippen LogP contribution in [0.2, 0.25) is 0 Å². The summed E-state index contributed by atoms with van der Waals surface area (Å²) in [4.78, 5) is 25.2. The minimum Gasteiger partial charge on any atom is -0.349 e. The maximum Gasteiger partial charge on any atom is 0.282 e. The molecule has 2 amide bonds. The number of rotatable bonds is 6. The molecule has 1 rings (SSSR count). The van der Waals surface area contributed by atoms with Gasteiger partial charge < -0.3 is 15.5 Å². The number of aryl methyl sites for hydroxylation is 3. The van der Waals surface area contributed by atoms with E-state index in [2.05, 4.69) is 22.8 Å². The molecule has 0 bridgehead atoms.